The fourth-order valence-electron chi connectivity index (χ4n) is 3.99. The second kappa shape index (κ2) is 11.9. The summed E-state index contributed by atoms with van der Waals surface area (Å²) in [5, 5.41) is 3.46. The van der Waals surface area contributed by atoms with E-state index >= 15 is 0 Å². The molecule has 2 saturated heterocycles. The van der Waals surface area contributed by atoms with Gasteiger partial charge >= 0.3 is 0 Å². The van der Waals surface area contributed by atoms with Crippen molar-refractivity contribution < 1.29 is 4.74 Å². The summed E-state index contributed by atoms with van der Waals surface area (Å²) in [4.78, 5) is 9.85. The molecular weight excluding hydrogens is 451 g/mol. The molecule has 2 aliphatic heterocycles. The van der Waals surface area contributed by atoms with Crippen LogP contribution in [0.25, 0.3) is 0 Å². The number of benzene rings is 1. The topological polar surface area (TPSA) is 40.1 Å². The van der Waals surface area contributed by atoms with Crippen LogP contribution in [0.15, 0.2) is 35.3 Å². The number of hydrogen-bond donors (Lipinski definition) is 1. The number of aliphatic imine (C=N–C) groups is 1. The molecule has 0 spiro atoms. The smallest absolute Gasteiger partial charge is 0.193 e. The van der Waals surface area contributed by atoms with Crippen LogP contribution in [0.5, 0.6) is 0 Å². The van der Waals surface area contributed by atoms with E-state index in [1.807, 2.05) is 0 Å². The largest absolute Gasteiger partial charge is 0.381 e. The van der Waals surface area contributed by atoms with Gasteiger partial charge in [0, 0.05) is 45.2 Å². The second-order valence-electron chi connectivity index (χ2n) is 7.56. The molecule has 0 amide bonds. The molecule has 0 aliphatic carbocycles. The molecule has 0 radical (unpaired) electrons. The zero-order valence-corrected chi connectivity index (χ0v) is 19.1. The van der Waals surface area contributed by atoms with Gasteiger partial charge in [-0.15, -0.1) is 24.0 Å². The zero-order valence-electron chi connectivity index (χ0n) is 16.8. The molecule has 0 bridgehead atoms. The van der Waals surface area contributed by atoms with Crippen molar-refractivity contribution in [3.05, 3.63) is 35.9 Å². The summed E-state index contributed by atoms with van der Waals surface area (Å²) < 4.78 is 5.52. The van der Waals surface area contributed by atoms with E-state index in [-0.39, 0.29) is 24.0 Å². The van der Waals surface area contributed by atoms with Gasteiger partial charge in [0.05, 0.1) is 13.2 Å². The highest BCUT2D eigenvalue weighted by Gasteiger charge is 2.25. The molecule has 1 N–H and O–H groups in total. The average Bonchev–Trinajstić information content (AvgIpc) is 3.31. The Morgan fingerprint density at radius 1 is 1.30 bits per heavy atom. The van der Waals surface area contributed by atoms with Gasteiger partial charge in [-0.05, 0) is 38.3 Å². The number of guanidine groups is 1. The first-order chi connectivity index (χ1) is 12.8. The summed E-state index contributed by atoms with van der Waals surface area (Å²) in [5.41, 5.74) is 1.40. The molecule has 27 heavy (non-hydrogen) atoms. The lowest BCUT2D eigenvalue weighted by atomic mass is 10.1. The Hall–Kier alpha value is -0.860. The number of rotatable bonds is 7. The molecule has 0 saturated carbocycles. The lowest BCUT2D eigenvalue weighted by molar-refractivity contribution is 0.181. The number of nitrogens with one attached hydrogen (secondary N) is 1. The highest BCUT2D eigenvalue weighted by Crippen LogP contribution is 2.20. The molecule has 1 aromatic carbocycles. The van der Waals surface area contributed by atoms with E-state index in [0.29, 0.717) is 12.0 Å². The highest BCUT2D eigenvalue weighted by atomic mass is 127. The Morgan fingerprint density at radius 2 is 2.11 bits per heavy atom. The van der Waals surface area contributed by atoms with E-state index in [2.05, 4.69) is 59.4 Å². The van der Waals surface area contributed by atoms with Crippen molar-refractivity contribution in [3.63, 3.8) is 0 Å². The molecule has 152 valence electrons. The quantitative estimate of drug-likeness (QED) is 0.365. The van der Waals surface area contributed by atoms with Crippen molar-refractivity contribution in [2.75, 3.05) is 46.4 Å². The second-order valence-corrected chi connectivity index (χ2v) is 7.56. The number of nitrogens with zero attached hydrogens (tertiary/aromatic N) is 3. The van der Waals surface area contributed by atoms with Gasteiger partial charge in [0.25, 0.3) is 0 Å². The maximum atomic E-state index is 5.52. The van der Waals surface area contributed by atoms with Crippen molar-refractivity contribution in [1.82, 2.24) is 15.1 Å². The van der Waals surface area contributed by atoms with E-state index in [9.17, 15) is 0 Å². The minimum atomic E-state index is 0. The van der Waals surface area contributed by atoms with Gasteiger partial charge in [-0.3, -0.25) is 9.89 Å². The summed E-state index contributed by atoms with van der Waals surface area (Å²) >= 11 is 0. The van der Waals surface area contributed by atoms with Crippen LogP contribution in [0.4, 0.5) is 0 Å². The Labute approximate surface area is 181 Å². The molecule has 3 rings (SSSR count). The van der Waals surface area contributed by atoms with E-state index < -0.39 is 0 Å². The van der Waals surface area contributed by atoms with Gasteiger partial charge in [-0.1, -0.05) is 30.3 Å². The Balaban J connectivity index is 0.00000261. The van der Waals surface area contributed by atoms with Crippen LogP contribution >= 0.6 is 24.0 Å². The van der Waals surface area contributed by atoms with Gasteiger partial charge in [0.2, 0.25) is 0 Å². The predicted molar refractivity (Wildman–Crippen MR) is 123 cm³/mol. The predicted octanol–water partition coefficient (Wildman–Crippen LogP) is 3.20. The monoisotopic (exact) mass is 486 g/mol. The van der Waals surface area contributed by atoms with Crippen molar-refractivity contribution in [1.29, 1.82) is 0 Å². The summed E-state index contributed by atoms with van der Waals surface area (Å²) in [7, 11) is 2.15. The fraction of sp³-hybridized carbons (Fsp3) is 0.667. The van der Waals surface area contributed by atoms with E-state index in [0.717, 1.165) is 51.8 Å². The lowest BCUT2D eigenvalue weighted by Gasteiger charge is -2.27. The molecule has 6 heteroatoms. The summed E-state index contributed by atoms with van der Waals surface area (Å²) in [6.45, 7) is 8.95. The Bertz CT molecular complexity index is 563. The average molecular weight is 486 g/mol. The van der Waals surface area contributed by atoms with E-state index in [4.69, 9.17) is 9.73 Å². The van der Waals surface area contributed by atoms with Crippen molar-refractivity contribution in [3.8, 4) is 0 Å². The third kappa shape index (κ3) is 6.91. The first-order valence-corrected chi connectivity index (χ1v) is 10.1. The molecule has 2 atom stereocenters. The van der Waals surface area contributed by atoms with Gasteiger partial charge < -0.3 is 15.0 Å². The van der Waals surface area contributed by atoms with Crippen LogP contribution in [-0.4, -0.2) is 68.2 Å². The third-order valence-electron chi connectivity index (χ3n) is 5.43. The first kappa shape index (κ1) is 22.4. The maximum absolute atomic E-state index is 5.52. The third-order valence-corrected chi connectivity index (χ3v) is 5.43. The van der Waals surface area contributed by atoms with Crippen LogP contribution < -0.4 is 5.32 Å². The molecule has 2 heterocycles. The van der Waals surface area contributed by atoms with E-state index in [1.165, 1.54) is 24.9 Å². The van der Waals surface area contributed by atoms with Crippen LogP contribution in [0, 0.1) is 5.92 Å². The SMILES string of the molecule is CCNC(=NCC1CCCN1Cc1ccccc1)N(C)CC1CCOC1.I. The minimum Gasteiger partial charge on any atom is -0.381 e. The van der Waals surface area contributed by atoms with Gasteiger partial charge in [0.15, 0.2) is 5.96 Å². The van der Waals surface area contributed by atoms with Crippen LogP contribution in [-0.2, 0) is 11.3 Å². The molecule has 2 unspecified atom stereocenters. The number of hydrogen-bond acceptors (Lipinski definition) is 3. The minimum absolute atomic E-state index is 0. The van der Waals surface area contributed by atoms with Crippen LogP contribution in [0.3, 0.4) is 0 Å². The highest BCUT2D eigenvalue weighted by molar-refractivity contribution is 14.0. The van der Waals surface area contributed by atoms with Crippen LogP contribution in [0.2, 0.25) is 0 Å². The number of ether oxygens (including phenoxy) is 1. The summed E-state index contributed by atoms with van der Waals surface area (Å²) in [6.07, 6.45) is 3.69. The molecule has 1 aromatic rings. The standard InChI is InChI=1S/C21H34N4O.HI/c1-3-22-21(24(2)15-19-11-13-26-17-19)23-14-20-10-7-12-25(20)16-18-8-5-4-6-9-18;/h4-6,8-9,19-20H,3,7,10-17H2,1-2H3,(H,22,23);1H. The summed E-state index contributed by atoms with van der Waals surface area (Å²) in [5.74, 6) is 1.66. The van der Waals surface area contributed by atoms with E-state index in [1.54, 1.807) is 0 Å². The Morgan fingerprint density at radius 3 is 2.81 bits per heavy atom. The molecule has 0 aromatic heterocycles. The fourth-order valence-corrected chi connectivity index (χ4v) is 3.99. The molecular formula is C21H35IN4O. The normalized spacial score (nSPS) is 23.3. The van der Waals surface area contributed by atoms with Gasteiger partial charge in [0.1, 0.15) is 0 Å². The Kier molecular flexibility index (Phi) is 9.86. The summed E-state index contributed by atoms with van der Waals surface area (Å²) in [6, 6.07) is 11.3. The molecule has 2 aliphatic rings. The zero-order chi connectivity index (χ0) is 18.2. The van der Waals surface area contributed by atoms with Crippen molar-refractivity contribution >= 4 is 29.9 Å². The van der Waals surface area contributed by atoms with Crippen molar-refractivity contribution in [2.24, 2.45) is 10.9 Å². The molecule has 2 fully saturated rings. The van der Waals surface area contributed by atoms with Crippen LogP contribution in [0.1, 0.15) is 31.7 Å². The maximum Gasteiger partial charge on any atom is 0.193 e. The first-order valence-electron chi connectivity index (χ1n) is 10.1. The van der Waals surface area contributed by atoms with Crippen molar-refractivity contribution in [2.45, 2.75) is 38.8 Å². The van der Waals surface area contributed by atoms with Gasteiger partial charge in [-0.25, -0.2) is 0 Å². The molecule has 5 nitrogen and oxygen atoms in total. The number of halogens is 1. The van der Waals surface area contributed by atoms with Gasteiger partial charge in [-0.2, -0.15) is 0 Å². The lowest BCUT2D eigenvalue weighted by Crippen LogP contribution is -2.42. The number of likely N-dealkylation sites (tertiary alicyclic amines) is 1.